The van der Waals surface area contributed by atoms with Gasteiger partial charge in [-0.15, -0.1) is 0 Å². The Morgan fingerprint density at radius 3 is 2.29 bits per heavy atom. The van der Waals surface area contributed by atoms with Gasteiger partial charge >= 0.3 is 6.03 Å². The lowest BCUT2D eigenvalue weighted by atomic mass is 9.97. The molecular formula is C28H29Cl2N5O6S. The Morgan fingerprint density at radius 2 is 1.62 bits per heavy atom. The zero-order valence-electron chi connectivity index (χ0n) is 22.3. The number of carbonyl (C=O) groups is 3. The number of rotatable bonds is 10. The van der Waals surface area contributed by atoms with Crippen LogP contribution in [0.15, 0.2) is 71.6 Å². The second-order valence-corrected chi connectivity index (χ2v) is 12.1. The number of nitrogens with one attached hydrogen (secondary N) is 3. The highest BCUT2D eigenvalue weighted by Crippen LogP contribution is 2.35. The zero-order chi connectivity index (χ0) is 30.3. The van der Waals surface area contributed by atoms with E-state index in [1.54, 1.807) is 35.2 Å². The molecule has 0 saturated carbocycles. The van der Waals surface area contributed by atoms with E-state index in [-0.39, 0.29) is 45.3 Å². The van der Waals surface area contributed by atoms with Gasteiger partial charge in [0.05, 0.1) is 22.2 Å². The van der Waals surface area contributed by atoms with Crippen molar-refractivity contribution in [2.45, 2.75) is 17.7 Å². The van der Waals surface area contributed by atoms with Crippen molar-refractivity contribution in [3.63, 3.8) is 0 Å². The molecule has 0 spiro atoms. The molecule has 222 valence electrons. The van der Waals surface area contributed by atoms with Crippen LogP contribution in [0.25, 0.3) is 0 Å². The van der Waals surface area contributed by atoms with Crippen LogP contribution in [0.5, 0.6) is 11.5 Å². The van der Waals surface area contributed by atoms with Crippen molar-refractivity contribution < 1.29 is 27.5 Å². The number of amides is 4. The number of ether oxygens (including phenoxy) is 1. The maximum atomic E-state index is 13.1. The number of benzene rings is 3. The quantitative estimate of drug-likeness (QED) is 0.261. The molecule has 4 rings (SSSR count). The van der Waals surface area contributed by atoms with Gasteiger partial charge in [-0.25, -0.2) is 13.2 Å². The van der Waals surface area contributed by atoms with E-state index in [4.69, 9.17) is 33.7 Å². The van der Waals surface area contributed by atoms with Crippen LogP contribution in [0.1, 0.15) is 23.2 Å². The third kappa shape index (κ3) is 8.28. The van der Waals surface area contributed by atoms with Gasteiger partial charge in [-0.2, -0.15) is 0 Å². The minimum Gasteiger partial charge on any atom is -0.454 e. The molecular weight excluding hydrogens is 605 g/mol. The molecule has 0 bridgehead atoms. The largest absolute Gasteiger partial charge is 0.454 e. The number of anilines is 1. The Kier molecular flexibility index (Phi) is 10.2. The van der Waals surface area contributed by atoms with E-state index in [2.05, 4.69) is 15.4 Å². The summed E-state index contributed by atoms with van der Waals surface area (Å²) in [5.74, 6) is -0.157. The Labute approximate surface area is 253 Å². The van der Waals surface area contributed by atoms with Crippen molar-refractivity contribution in [1.29, 1.82) is 0 Å². The first-order chi connectivity index (χ1) is 20.0. The first-order valence-corrected chi connectivity index (χ1v) is 15.2. The number of halogens is 2. The molecule has 0 aliphatic carbocycles. The molecule has 1 heterocycles. The second kappa shape index (κ2) is 13.8. The number of sulfonamides is 1. The minimum absolute atomic E-state index is 0.0847. The normalized spacial score (nSPS) is 13.7. The Balaban J connectivity index is 1.30. The number of urea groups is 1. The van der Waals surface area contributed by atoms with Gasteiger partial charge in [0, 0.05) is 30.2 Å². The Bertz CT molecular complexity index is 1560. The van der Waals surface area contributed by atoms with Gasteiger partial charge in [0.15, 0.2) is 5.75 Å². The lowest BCUT2D eigenvalue weighted by Gasteiger charge is -2.30. The van der Waals surface area contributed by atoms with Gasteiger partial charge < -0.3 is 26.0 Å². The number of piperidine rings is 1. The van der Waals surface area contributed by atoms with E-state index in [9.17, 15) is 22.8 Å². The summed E-state index contributed by atoms with van der Waals surface area (Å²) >= 11 is 12.1. The number of nitrogens with two attached hydrogens (primary N) is 1. The fourth-order valence-corrected chi connectivity index (χ4v) is 5.76. The number of likely N-dealkylation sites (tertiary alicyclic amines) is 1. The van der Waals surface area contributed by atoms with Gasteiger partial charge in [-0.05, 0) is 73.4 Å². The first kappa shape index (κ1) is 30.9. The van der Waals surface area contributed by atoms with E-state index in [1.807, 2.05) is 0 Å². The zero-order valence-corrected chi connectivity index (χ0v) is 24.6. The van der Waals surface area contributed by atoms with Crippen molar-refractivity contribution in [3.8, 4) is 11.5 Å². The van der Waals surface area contributed by atoms with Crippen LogP contribution in [-0.2, 0) is 14.8 Å². The van der Waals surface area contributed by atoms with Crippen molar-refractivity contribution in [1.82, 2.24) is 15.5 Å². The molecule has 5 N–H and O–H groups in total. The fraction of sp³-hybridized carbons (Fsp3) is 0.250. The SMILES string of the molecule is NC(=O)N1CCC(CNC(=O)CNC(=O)c2ccc(S(=O)(=O)Nc3ccccc3Oc3ccc(Cl)cc3Cl)cc2)CC1. The van der Waals surface area contributed by atoms with Crippen molar-refractivity contribution in [2.24, 2.45) is 11.7 Å². The van der Waals surface area contributed by atoms with Crippen molar-refractivity contribution >= 4 is 56.8 Å². The molecule has 0 atom stereocenters. The highest BCUT2D eigenvalue weighted by molar-refractivity contribution is 7.92. The van der Waals surface area contributed by atoms with Gasteiger partial charge in [0.1, 0.15) is 5.75 Å². The van der Waals surface area contributed by atoms with Crippen molar-refractivity contribution in [3.05, 3.63) is 82.3 Å². The summed E-state index contributed by atoms with van der Waals surface area (Å²) in [5.41, 5.74) is 5.64. The van der Waals surface area contributed by atoms with E-state index in [1.165, 1.54) is 36.4 Å². The molecule has 0 radical (unpaired) electrons. The molecule has 1 fully saturated rings. The lowest BCUT2D eigenvalue weighted by Crippen LogP contribution is -2.45. The standard InChI is InChI=1S/C28H29Cl2N5O6S/c29-20-7-10-24(22(30)15-20)41-25-4-2-1-3-23(25)34-42(39,40)21-8-5-19(6-9-21)27(37)33-17-26(36)32-16-18-11-13-35(14-12-18)28(31)38/h1-10,15,18,34H,11-14,16-17H2,(H2,31,38)(H,32,36)(H,33,37). The summed E-state index contributed by atoms with van der Waals surface area (Å²) in [7, 11) is -4.05. The highest BCUT2D eigenvalue weighted by Gasteiger charge is 2.22. The molecule has 1 aliphatic heterocycles. The number of hydrogen-bond donors (Lipinski definition) is 4. The van der Waals surface area contributed by atoms with E-state index in [0.717, 1.165) is 12.8 Å². The maximum absolute atomic E-state index is 13.1. The number of para-hydroxylation sites is 2. The van der Waals surface area contributed by atoms with Crippen LogP contribution in [0, 0.1) is 5.92 Å². The topological polar surface area (TPSA) is 160 Å². The van der Waals surface area contributed by atoms with Gasteiger partial charge in [-0.3, -0.25) is 14.3 Å². The molecule has 3 aromatic rings. The smallest absolute Gasteiger partial charge is 0.314 e. The summed E-state index contributed by atoms with van der Waals surface area (Å²) in [6, 6.07) is 15.9. The molecule has 4 amide bonds. The Hall–Kier alpha value is -4.00. The molecule has 42 heavy (non-hydrogen) atoms. The lowest BCUT2D eigenvalue weighted by molar-refractivity contribution is -0.120. The average molecular weight is 635 g/mol. The summed E-state index contributed by atoms with van der Waals surface area (Å²) in [5, 5.41) is 5.99. The minimum atomic E-state index is -4.05. The number of hydrogen-bond acceptors (Lipinski definition) is 6. The number of nitrogens with zero attached hydrogens (tertiary/aromatic N) is 1. The predicted molar refractivity (Wildman–Crippen MR) is 159 cm³/mol. The molecule has 3 aromatic carbocycles. The summed E-state index contributed by atoms with van der Waals surface area (Å²) in [6.45, 7) is 1.29. The van der Waals surface area contributed by atoms with Crippen LogP contribution in [0.2, 0.25) is 10.0 Å². The second-order valence-electron chi connectivity index (χ2n) is 9.56. The molecule has 1 aliphatic rings. The van der Waals surface area contributed by atoms with Crippen LogP contribution < -0.4 is 25.8 Å². The molecule has 0 unspecified atom stereocenters. The van der Waals surface area contributed by atoms with E-state index in [0.29, 0.717) is 30.4 Å². The molecule has 14 heteroatoms. The molecule has 0 aromatic heterocycles. The monoisotopic (exact) mass is 633 g/mol. The first-order valence-electron chi connectivity index (χ1n) is 13.0. The third-order valence-corrected chi connectivity index (χ3v) is 8.51. The average Bonchev–Trinajstić information content (AvgIpc) is 2.97. The number of primary amides is 1. The van der Waals surface area contributed by atoms with Gasteiger partial charge in [0.25, 0.3) is 15.9 Å². The van der Waals surface area contributed by atoms with Crippen LogP contribution >= 0.6 is 23.2 Å². The Morgan fingerprint density at radius 1 is 0.929 bits per heavy atom. The van der Waals surface area contributed by atoms with Crippen LogP contribution in [0.3, 0.4) is 0 Å². The molecule has 1 saturated heterocycles. The highest BCUT2D eigenvalue weighted by atomic mass is 35.5. The van der Waals surface area contributed by atoms with Crippen LogP contribution in [0.4, 0.5) is 10.5 Å². The maximum Gasteiger partial charge on any atom is 0.314 e. The van der Waals surface area contributed by atoms with E-state index < -0.39 is 22.0 Å². The fourth-order valence-electron chi connectivity index (χ4n) is 4.25. The summed E-state index contributed by atoms with van der Waals surface area (Å²) in [4.78, 5) is 37.4. The van der Waals surface area contributed by atoms with E-state index >= 15 is 0 Å². The van der Waals surface area contributed by atoms with Gasteiger partial charge in [-0.1, -0.05) is 35.3 Å². The third-order valence-electron chi connectivity index (χ3n) is 6.60. The summed E-state index contributed by atoms with van der Waals surface area (Å²) in [6.07, 6.45) is 1.46. The van der Waals surface area contributed by atoms with Gasteiger partial charge in [0.2, 0.25) is 5.91 Å². The summed E-state index contributed by atoms with van der Waals surface area (Å²) < 4.78 is 34.5. The molecule has 11 nitrogen and oxygen atoms in total. The predicted octanol–water partition coefficient (Wildman–Crippen LogP) is 4.22. The number of carbonyl (C=O) groups excluding carboxylic acids is 3. The van der Waals surface area contributed by atoms with Crippen LogP contribution in [-0.4, -0.2) is 57.3 Å². The van der Waals surface area contributed by atoms with Crippen molar-refractivity contribution in [2.75, 3.05) is 30.9 Å².